The van der Waals surface area contributed by atoms with Crippen molar-refractivity contribution in [1.82, 2.24) is 4.98 Å². The molecule has 0 amide bonds. The van der Waals surface area contributed by atoms with Crippen molar-refractivity contribution in [2.75, 3.05) is 0 Å². The molecular formula is C13H7ClF3NO2S. The monoisotopic (exact) mass is 333 g/mol. The second-order valence-electron chi connectivity index (χ2n) is 3.91. The summed E-state index contributed by atoms with van der Waals surface area (Å²) in [5.74, 6) is -1.14. The smallest absolute Gasteiger partial charge is 0.417 e. The number of hydrogen-bond acceptors (Lipinski definition) is 3. The van der Waals surface area contributed by atoms with Crippen LogP contribution >= 0.6 is 23.4 Å². The summed E-state index contributed by atoms with van der Waals surface area (Å²) in [4.78, 5) is 15.1. The minimum Gasteiger partial charge on any atom is -0.478 e. The highest BCUT2D eigenvalue weighted by Gasteiger charge is 2.31. The van der Waals surface area contributed by atoms with Gasteiger partial charge in [0.05, 0.1) is 16.1 Å². The predicted molar refractivity (Wildman–Crippen MR) is 71.8 cm³/mol. The minimum atomic E-state index is -4.53. The molecular weight excluding hydrogens is 327 g/mol. The lowest BCUT2D eigenvalue weighted by atomic mass is 10.2. The summed E-state index contributed by atoms with van der Waals surface area (Å²) < 4.78 is 37.5. The molecule has 1 aromatic heterocycles. The molecule has 8 heteroatoms. The van der Waals surface area contributed by atoms with Gasteiger partial charge in [-0.15, -0.1) is 0 Å². The number of rotatable bonds is 3. The lowest BCUT2D eigenvalue weighted by molar-refractivity contribution is -0.137. The summed E-state index contributed by atoms with van der Waals surface area (Å²) in [6, 6.07) is 6.86. The maximum atomic E-state index is 12.5. The van der Waals surface area contributed by atoms with Gasteiger partial charge in [0.15, 0.2) is 0 Å². The van der Waals surface area contributed by atoms with Gasteiger partial charge in [-0.3, -0.25) is 0 Å². The average Bonchev–Trinajstić information content (AvgIpc) is 2.40. The number of aromatic nitrogens is 1. The molecule has 0 spiro atoms. The van der Waals surface area contributed by atoms with Crippen LogP contribution in [0.2, 0.25) is 5.02 Å². The second kappa shape index (κ2) is 5.95. The lowest BCUT2D eigenvalue weighted by Crippen LogP contribution is -2.05. The normalized spacial score (nSPS) is 11.4. The number of nitrogens with zero attached hydrogens (tertiary/aromatic N) is 1. The Labute approximate surface area is 126 Å². The van der Waals surface area contributed by atoms with Gasteiger partial charge >= 0.3 is 12.1 Å². The molecule has 2 rings (SSSR count). The van der Waals surface area contributed by atoms with Crippen LogP contribution in [0.5, 0.6) is 0 Å². The summed E-state index contributed by atoms with van der Waals surface area (Å²) in [6.45, 7) is 0. The molecule has 0 saturated carbocycles. The Balaban J connectivity index is 2.35. The van der Waals surface area contributed by atoms with E-state index in [-0.39, 0.29) is 15.6 Å². The first-order valence-electron chi connectivity index (χ1n) is 5.52. The van der Waals surface area contributed by atoms with E-state index in [0.717, 1.165) is 17.8 Å². The molecule has 0 bridgehead atoms. The van der Waals surface area contributed by atoms with Crippen LogP contribution in [0.15, 0.2) is 46.5 Å². The number of hydrogen-bond donors (Lipinski definition) is 1. The van der Waals surface area contributed by atoms with Gasteiger partial charge in [-0.05, 0) is 18.2 Å². The zero-order valence-corrected chi connectivity index (χ0v) is 11.8. The van der Waals surface area contributed by atoms with E-state index in [0.29, 0.717) is 11.1 Å². The number of benzene rings is 1. The van der Waals surface area contributed by atoms with Gasteiger partial charge in [-0.25, -0.2) is 9.78 Å². The molecule has 2 aromatic rings. The van der Waals surface area contributed by atoms with Gasteiger partial charge < -0.3 is 5.11 Å². The van der Waals surface area contributed by atoms with E-state index in [9.17, 15) is 18.0 Å². The molecule has 1 N–H and O–H groups in total. The van der Waals surface area contributed by atoms with Crippen LogP contribution in [0.4, 0.5) is 13.2 Å². The van der Waals surface area contributed by atoms with Crippen molar-refractivity contribution < 1.29 is 23.1 Å². The summed E-state index contributed by atoms with van der Waals surface area (Å²) in [6.07, 6.45) is -3.86. The first-order chi connectivity index (χ1) is 9.79. The van der Waals surface area contributed by atoms with Crippen molar-refractivity contribution in [3.63, 3.8) is 0 Å². The number of pyridine rings is 1. The third kappa shape index (κ3) is 3.68. The van der Waals surface area contributed by atoms with Crippen LogP contribution in [0.1, 0.15) is 15.9 Å². The highest BCUT2D eigenvalue weighted by molar-refractivity contribution is 7.99. The largest absolute Gasteiger partial charge is 0.478 e. The molecule has 0 aliphatic rings. The van der Waals surface area contributed by atoms with Crippen molar-refractivity contribution in [3.8, 4) is 0 Å². The van der Waals surface area contributed by atoms with Crippen molar-refractivity contribution in [1.29, 1.82) is 0 Å². The number of halogens is 4. The van der Waals surface area contributed by atoms with Crippen LogP contribution in [0.3, 0.4) is 0 Å². The molecule has 0 atom stereocenters. The molecule has 110 valence electrons. The first kappa shape index (κ1) is 15.7. The van der Waals surface area contributed by atoms with Gasteiger partial charge in [0, 0.05) is 11.1 Å². The first-order valence-corrected chi connectivity index (χ1v) is 6.71. The number of alkyl halides is 3. The van der Waals surface area contributed by atoms with E-state index in [1.807, 2.05) is 0 Å². The van der Waals surface area contributed by atoms with Crippen LogP contribution in [-0.2, 0) is 6.18 Å². The summed E-state index contributed by atoms with van der Waals surface area (Å²) >= 11 is 6.68. The molecule has 0 saturated heterocycles. The maximum absolute atomic E-state index is 12.5. The fraction of sp³-hybridized carbons (Fsp3) is 0.0769. The number of carboxylic acids is 1. The van der Waals surface area contributed by atoms with Gasteiger partial charge in [0.2, 0.25) is 0 Å². The van der Waals surface area contributed by atoms with Crippen molar-refractivity contribution in [2.24, 2.45) is 0 Å². The molecule has 1 heterocycles. The fourth-order valence-electron chi connectivity index (χ4n) is 1.49. The maximum Gasteiger partial charge on any atom is 0.417 e. The Hall–Kier alpha value is -1.73. The van der Waals surface area contributed by atoms with Crippen LogP contribution < -0.4 is 0 Å². The third-order valence-electron chi connectivity index (χ3n) is 2.46. The number of carboxylic acid groups (broad SMARTS) is 1. The summed E-state index contributed by atoms with van der Waals surface area (Å²) in [7, 11) is 0. The molecule has 0 fully saturated rings. The molecule has 1 aromatic carbocycles. The van der Waals surface area contributed by atoms with E-state index < -0.39 is 17.7 Å². The van der Waals surface area contributed by atoms with E-state index in [1.54, 1.807) is 12.1 Å². The molecule has 21 heavy (non-hydrogen) atoms. The van der Waals surface area contributed by atoms with Crippen LogP contribution in [0.25, 0.3) is 0 Å². The van der Waals surface area contributed by atoms with Gasteiger partial charge in [-0.1, -0.05) is 35.5 Å². The Kier molecular flexibility index (Phi) is 4.43. The minimum absolute atomic E-state index is 0.0280. The SMILES string of the molecule is O=C(O)c1ccccc1Sc1ncc(C(F)(F)F)cc1Cl. The third-order valence-corrected chi connectivity index (χ3v) is 3.95. The number of aromatic carboxylic acids is 1. The summed E-state index contributed by atoms with van der Waals surface area (Å²) in [5.41, 5.74) is -0.927. The van der Waals surface area contributed by atoms with Gasteiger partial charge in [0.25, 0.3) is 0 Å². The van der Waals surface area contributed by atoms with Crippen molar-refractivity contribution >= 4 is 29.3 Å². The second-order valence-corrected chi connectivity index (χ2v) is 5.35. The highest BCUT2D eigenvalue weighted by Crippen LogP contribution is 2.37. The zero-order chi connectivity index (χ0) is 15.6. The topological polar surface area (TPSA) is 50.2 Å². The Morgan fingerprint density at radius 1 is 1.29 bits per heavy atom. The molecule has 0 radical (unpaired) electrons. The Bertz CT molecular complexity index is 691. The average molecular weight is 334 g/mol. The standard InChI is InChI=1S/C13H7ClF3NO2S/c14-9-5-7(13(15,16)17)6-18-11(9)21-10-4-2-1-3-8(10)12(19)20/h1-6H,(H,19,20). The summed E-state index contributed by atoms with van der Waals surface area (Å²) in [5, 5.41) is 8.97. The van der Waals surface area contributed by atoms with Crippen LogP contribution in [-0.4, -0.2) is 16.1 Å². The van der Waals surface area contributed by atoms with E-state index in [4.69, 9.17) is 16.7 Å². The highest BCUT2D eigenvalue weighted by atomic mass is 35.5. The molecule has 0 aliphatic carbocycles. The van der Waals surface area contributed by atoms with E-state index in [1.165, 1.54) is 12.1 Å². The zero-order valence-electron chi connectivity index (χ0n) is 10.2. The van der Waals surface area contributed by atoms with E-state index in [2.05, 4.69) is 4.98 Å². The van der Waals surface area contributed by atoms with E-state index >= 15 is 0 Å². The van der Waals surface area contributed by atoms with Gasteiger partial charge in [-0.2, -0.15) is 13.2 Å². The molecule has 0 unspecified atom stereocenters. The quantitative estimate of drug-likeness (QED) is 0.891. The predicted octanol–water partition coefficient (Wildman–Crippen LogP) is 4.60. The van der Waals surface area contributed by atoms with Gasteiger partial charge in [0.1, 0.15) is 5.03 Å². The Morgan fingerprint density at radius 3 is 2.52 bits per heavy atom. The molecule has 0 aliphatic heterocycles. The van der Waals surface area contributed by atoms with Crippen molar-refractivity contribution in [2.45, 2.75) is 16.1 Å². The fourth-order valence-corrected chi connectivity index (χ4v) is 2.66. The van der Waals surface area contributed by atoms with Crippen molar-refractivity contribution in [3.05, 3.63) is 52.7 Å². The van der Waals surface area contributed by atoms with Crippen LogP contribution in [0, 0.1) is 0 Å². The Morgan fingerprint density at radius 2 is 1.95 bits per heavy atom. The lowest BCUT2D eigenvalue weighted by Gasteiger charge is -2.09. The number of carbonyl (C=O) groups is 1. The molecule has 3 nitrogen and oxygen atoms in total.